The third-order valence-corrected chi connectivity index (χ3v) is 6.50. The van der Waals surface area contributed by atoms with Crippen LogP contribution in [0.15, 0.2) is 97.1 Å². The average Bonchev–Trinajstić information content (AvgIpc) is 3.66. The summed E-state index contributed by atoms with van der Waals surface area (Å²) in [4.78, 5) is 24.7. The van der Waals surface area contributed by atoms with Gasteiger partial charge in [-0.1, -0.05) is 36.4 Å². The first-order chi connectivity index (χ1) is 20.1. The molecule has 0 saturated carbocycles. The number of amides is 2. The Morgan fingerprint density at radius 3 is 1.41 bits per heavy atom. The fourth-order valence-electron chi connectivity index (χ4n) is 4.39. The van der Waals surface area contributed by atoms with E-state index in [1.807, 2.05) is 84.9 Å². The summed E-state index contributed by atoms with van der Waals surface area (Å²) in [5.41, 5.74) is 5.32. The van der Waals surface area contributed by atoms with E-state index in [2.05, 4.69) is 10.6 Å². The van der Waals surface area contributed by atoms with Crippen LogP contribution < -0.4 is 29.6 Å². The molecule has 0 unspecified atom stereocenters. The monoisotopic (exact) mass is 546 g/mol. The summed E-state index contributed by atoms with van der Waals surface area (Å²) >= 11 is 0. The molecule has 8 heteroatoms. The van der Waals surface area contributed by atoms with Crippen molar-refractivity contribution < 1.29 is 28.5 Å². The second-order valence-corrected chi connectivity index (χ2v) is 9.44. The van der Waals surface area contributed by atoms with Crippen LogP contribution in [0.25, 0.3) is 12.2 Å². The highest BCUT2D eigenvalue weighted by molar-refractivity contribution is 6.02. The normalized spacial score (nSPS) is 13.1. The van der Waals surface area contributed by atoms with Gasteiger partial charge in [0.25, 0.3) is 0 Å². The minimum absolute atomic E-state index is 0.213. The van der Waals surface area contributed by atoms with Gasteiger partial charge >= 0.3 is 0 Å². The zero-order valence-corrected chi connectivity index (χ0v) is 22.0. The van der Waals surface area contributed by atoms with Crippen LogP contribution in [0.1, 0.15) is 22.3 Å². The molecule has 0 bridgehead atoms. The number of ether oxygens (including phenoxy) is 4. The molecule has 4 aromatic rings. The van der Waals surface area contributed by atoms with Crippen molar-refractivity contribution >= 4 is 35.3 Å². The lowest BCUT2D eigenvalue weighted by atomic mass is 10.0. The van der Waals surface area contributed by atoms with Crippen molar-refractivity contribution in [1.29, 1.82) is 0 Å². The molecule has 0 aliphatic carbocycles. The van der Waals surface area contributed by atoms with Gasteiger partial charge in [-0.15, -0.1) is 0 Å². The van der Waals surface area contributed by atoms with E-state index in [-0.39, 0.29) is 25.4 Å². The van der Waals surface area contributed by atoms with Gasteiger partial charge in [-0.05, 0) is 89.4 Å². The zero-order chi connectivity index (χ0) is 28.0. The quantitative estimate of drug-likeness (QED) is 0.262. The maximum Gasteiger partial charge on any atom is 0.248 e. The Labute approximate surface area is 236 Å². The topological polar surface area (TPSA) is 95.1 Å². The molecule has 204 valence electrons. The number of carbonyl (C=O) groups is 2. The molecule has 2 amide bonds. The van der Waals surface area contributed by atoms with Crippen molar-refractivity contribution in [2.45, 2.75) is 6.42 Å². The molecular weight excluding hydrogens is 520 g/mol. The van der Waals surface area contributed by atoms with Crippen molar-refractivity contribution in [2.75, 3.05) is 24.2 Å². The van der Waals surface area contributed by atoms with Crippen molar-refractivity contribution in [3.05, 3.63) is 119 Å². The number of carbonyl (C=O) groups excluding carboxylic acids is 2. The van der Waals surface area contributed by atoms with Crippen molar-refractivity contribution in [2.24, 2.45) is 0 Å². The van der Waals surface area contributed by atoms with Crippen LogP contribution in [0.2, 0.25) is 0 Å². The first-order valence-electron chi connectivity index (χ1n) is 13.0. The molecular formula is C33H26N2O6. The van der Waals surface area contributed by atoms with Crippen LogP contribution in [0.4, 0.5) is 11.4 Å². The van der Waals surface area contributed by atoms with E-state index in [9.17, 15) is 9.59 Å². The number of fused-ring (bicyclic) bond motifs is 2. The standard InChI is InChI=1S/C33H26N2O6/c36-32(15-7-24-5-13-28-30(18-24)40-20-38-28)34-26-9-1-22(2-10-26)17-23-3-11-27(12-4-23)35-33(37)16-8-25-6-14-29-31(19-25)41-21-39-29/h1-16,18-19H,17,20-21H2,(H,34,36)(H,35,37)/b15-7+,16-8+. The second-order valence-electron chi connectivity index (χ2n) is 9.44. The summed E-state index contributed by atoms with van der Waals surface area (Å²) < 4.78 is 21.3. The van der Waals surface area contributed by atoms with E-state index in [1.54, 1.807) is 12.2 Å². The van der Waals surface area contributed by atoms with Crippen LogP contribution >= 0.6 is 0 Å². The van der Waals surface area contributed by atoms with Crippen molar-refractivity contribution in [1.82, 2.24) is 0 Å². The lowest BCUT2D eigenvalue weighted by molar-refractivity contribution is -0.112. The molecule has 0 radical (unpaired) electrons. The molecule has 6 rings (SSSR count). The van der Waals surface area contributed by atoms with Crippen LogP contribution in [0, 0.1) is 0 Å². The molecule has 0 saturated heterocycles. The smallest absolute Gasteiger partial charge is 0.248 e. The van der Waals surface area contributed by atoms with E-state index in [4.69, 9.17) is 18.9 Å². The van der Waals surface area contributed by atoms with Gasteiger partial charge in [-0.25, -0.2) is 0 Å². The predicted octanol–water partition coefficient (Wildman–Crippen LogP) is 6.04. The molecule has 0 fully saturated rings. The Balaban J connectivity index is 0.979. The highest BCUT2D eigenvalue weighted by Gasteiger charge is 2.13. The largest absolute Gasteiger partial charge is 0.454 e. The zero-order valence-electron chi connectivity index (χ0n) is 22.0. The summed E-state index contributed by atoms with van der Waals surface area (Å²) in [6, 6.07) is 26.5. The molecule has 0 aromatic heterocycles. The van der Waals surface area contributed by atoms with Crippen LogP contribution in [-0.4, -0.2) is 25.4 Å². The number of hydrogen-bond donors (Lipinski definition) is 2. The molecule has 2 heterocycles. The third kappa shape index (κ3) is 6.57. The lowest BCUT2D eigenvalue weighted by Gasteiger charge is -2.07. The maximum atomic E-state index is 12.4. The fraction of sp³-hybridized carbons (Fsp3) is 0.0909. The minimum atomic E-state index is -0.223. The van der Waals surface area contributed by atoms with E-state index < -0.39 is 0 Å². The van der Waals surface area contributed by atoms with Gasteiger partial charge < -0.3 is 29.6 Å². The van der Waals surface area contributed by atoms with Gasteiger partial charge in [0, 0.05) is 23.5 Å². The third-order valence-electron chi connectivity index (χ3n) is 6.50. The van der Waals surface area contributed by atoms with Gasteiger partial charge in [-0.2, -0.15) is 0 Å². The highest BCUT2D eigenvalue weighted by Crippen LogP contribution is 2.33. The SMILES string of the molecule is O=C(/C=C/c1ccc2c(c1)OCO2)Nc1ccc(Cc2ccc(NC(=O)/C=C/c3ccc4c(c3)OCO4)cc2)cc1. The van der Waals surface area contributed by atoms with Gasteiger partial charge in [0.05, 0.1) is 0 Å². The summed E-state index contributed by atoms with van der Waals surface area (Å²) in [5.74, 6) is 2.31. The molecule has 8 nitrogen and oxygen atoms in total. The first kappa shape index (κ1) is 25.8. The summed E-state index contributed by atoms with van der Waals surface area (Å²) in [7, 11) is 0. The molecule has 2 N–H and O–H groups in total. The summed E-state index contributed by atoms with van der Waals surface area (Å²) in [6.45, 7) is 0.427. The molecule has 2 aliphatic rings. The Bertz CT molecular complexity index is 1520. The number of benzene rings is 4. The van der Waals surface area contributed by atoms with E-state index >= 15 is 0 Å². The predicted molar refractivity (Wildman–Crippen MR) is 156 cm³/mol. The van der Waals surface area contributed by atoms with Gasteiger partial charge in [-0.3, -0.25) is 9.59 Å². The Kier molecular flexibility index (Phi) is 7.36. The summed E-state index contributed by atoms with van der Waals surface area (Å²) in [6.07, 6.45) is 7.15. The van der Waals surface area contributed by atoms with E-state index in [0.717, 1.165) is 28.7 Å². The van der Waals surface area contributed by atoms with Crippen molar-refractivity contribution in [3.63, 3.8) is 0 Å². The molecule has 0 atom stereocenters. The van der Waals surface area contributed by atoms with Crippen molar-refractivity contribution in [3.8, 4) is 23.0 Å². The molecule has 41 heavy (non-hydrogen) atoms. The highest BCUT2D eigenvalue weighted by atomic mass is 16.7. The fourth-order valence-corrected chi connectivity index (χ4v) is 4.39. The average molecular weight is 547 g/mol. The number of anilines is 2. The van der Waals surface area contributed by atoms with Crippen LogP contribution in [-0.2, 0) is 16.0 Å². The Hall–Kier alpha value is -5.50. The van der Waals surface area contributed by atoms with Gasteiger partial charge in [0.2, 0.25) is 25.4 Å². The number of hydrogen-bond acceptors (Lipinski definition) is 6. The summed E-state index contributed by atoms with van der Waals surface area (Å²) in [5, 5.41) is 5.75. The molecule has 0 spiro atoms. The number of nitrogens with one attached hydrogen (secondary N) is 2. The molecule has 2 aliphatic heterocycles. The maximum absolute atomic E-state index is 12.4. The van der Waals surface area contributed by atoms with Gasteiger partial charge in [0.15, 0.2) is 23.0 Å². The Morgan fingerprint density at radius 1 is 0.561 bits per heavy atom. The van der Waals surface area contributed by atoms with Crippen LogP contribution in [0.3, 0.4) is 0 Å². The lowest BCUT2D eigenvalue weighted by Crippen LogP contribution is -2.08. The van der Waals surface area contributed by atoms with E-state index in [1.165, 1.54) is 12.2 Å². The van der Waals surface area contributed by atoms with E-state index in [0.29, 0.717) is 34.4 Å². The number of rotatable bonds is 8. The Morgan fingerprint density at radius 2 is 0.976 bits per heavy atom. The second kappa shape index (κ2) is 11.7. The van der Waals surface area contributed by atoms with Crippen LogP contribution in [0.5, 0.6) is 23.0 Å². The molecule has 4 aromatic carbocycles. The minimum Gasteiger partial charge on any atom is -0.454 e. The van der Waals surface area contributed by atoms with Gasteiger partial charge in [0.1, 0.15) is 0 Å². The first-order valence-corrected chi connectivity index (χ1v) is 13.0.